The zero-order chi connectivity index (χ0) is 15.6. The van der Waals surface area contributed by atoms with Crippen LogP contribution in [-0.2, 0) is 16.6 Å². The molecule has 2 N–H and O–H groups in total. The van der Waals surface area contributed by atoms with Crippen LogP contribution in [0.5, 0.6) is 0 Å². The molecule has 0 unspecified atom stereocenters. The summed E-state index contributed by atoms with van der Waals surface area (Å²) in [6, 6.07) is 10.5. The number of hydrogen-bond acceptors (Lipinski definition) is 3. The third-order valence-corrected chi connectivity index (χ3v) is 5.90. The van der Waals surface area contributed by atoms with Crippen LogP contribution in [0.2, 0.25) is 0 Å². The molecule has 1 aliphatic carbocycles. The highest BCUT2D eigenvalue weighted by atomic mass is 32.1. The van der Waals surface area contributed by atoms with E-state index in [2.05, 4.69) is 34.6 Å². The Hall–Kier alpha value is -1.46. The molecule has 0 aliphatic heterocycles. The van der Waals surface area contributed by atoms with Gasteiger partial charge in [-0.1, -0.05) is 36.8 Å². The number of thiazole rings is 1. The second kappa shape index (κ2) is 6.34. The zero-order valence-electron chi connectivity index (χ0n) is 12.6. The van der Waals surface area contributed by atoms with Crippen LogP contribution < -0.4 is 5.32 Å². The Morgan fingerprint density at radius 1 is 1.36 bits per heavy atom. The molecule has 0 atom stereocenters. The first-order valence-corrected chi connectivity index (χ1v) is 8.82. The molecule has 1 aromatic heterocycles. The third-order valence-electron chi connectivity index (χ3n) is 4.57. The van der Waals surface area contributed by atoms with Crippen molar-refractivity contribution in [3.05, 3.63) is 50.4 Å². The van der Waals surface area contributed by atoms with Crippen molar-refractivity contribution >= 4 is 29.5 Å². The maximum atomic E-state index is 12.2. The lowest BCUT2D eigenvalue weighted by molar-refractivity contribution is -0.120. The quantitative estimate of drug-likeness (QED) is 0.816. The van der Waals surface area contributed by atoms with Gasteiger partial charge >= 0.3 is 0 Å². The van der Waals surface area contributed by atoms with Crippen molar-refractivity contribution in [2.45, 2.75) is 38.0 Å². The average molecular weight is 332 g/mol. The molecule has 116 valence electrons. The minimum absolute atomic E-state index is 0.0792. The smallest absolute Gasteiger partial charge is 0.225 e. The van der Waals surface area contributed by atoms with Crippen molar-refractivity contribution in [2.24, 2.45) is 0 Å². The standard InChI is InChI=1S/C17H20N2OS2/c1-12-14(22-16(21)19-12)10-15(20)18-11-17(8-5-9-17)13-6-3-2-4-7-13/h2-4,6-7H,5,8-11H2,1H3,(H,18,20)(H,19,21). The van der Waals surface area contributed by atoms with E-state index in [0.717, 1.165) is 33.9 Å². The number of hydrogen-bond donors (Lipinski definition) is 2. The van der Waals surface area contributed by atoms with Crippen molar-refractivity contribution in [2.75, 3.05) is 6.54 Å². The molecule has 1 fully saturated rings. The fourth-order valence-electron chi connectivity index (χ4n) is 3.04. The lowest BCUT2D eigenvalue weighted by Gasteiger charge is -2.42. The van der Waals surface area contributed by atoms with E-state index >= 15 is 0 Å². The first-order chi connectivity index (χ1) is 10.6. The normalized spacial score (nSPS) is 16.0. The second-order valence-corrected chi connectivity index (χ2v) is 7.79. The van der Waals surface area contributed by atoms with Gasteiger partial charge in [-0.15, -0.1) is 11.3 Å². The summed E-state index contributed by atoms with van der Waals surface area (Å²) < 4.78 is 0.736. The van der Waals surface area contributed by atoms with Gasteiger partial charge < -0.3 is 10.3 Å². The van der Waals surface area contributed by atoms with E-state index in [1.165, 1.54) is 23.3 Å². The van der Waals surface area contributed by atoms with E-state index in [4.69, 9.17) is 12.2 Å². The first-order valence-electron chi connectivity index (χ1n) is 7.60. The number of aromatic amines is 1. The molecule has 3 rings (SSSR count). The Morgan fingerprint density at radius 3 is 2.64 bits per heavy atom. The molecule has 0 radical (unpaired) electrons. The second-order valence-electron chi connectivity index (χ2n) is 6.02. The molecular weight excluding hydrogens is 312 g/mol. The third kappa shape index (κ3) is 3.15. The van der Waals surface area contributed by atoms with Crippen LogP contribution in [-0.4, -0.2) is 17.4 Å². The molecule has 1 heterocycles. The predicted molar refractivity (Wildman–Crippen MR) is 92.9 cm³/mol. The highest BCUT2D eigenvalue weighted by molar-refractivity contribution is 7.73. The fraction of sp³-hybridized carbons (Fsp3) is 0.412. The molecule has 0 saturated heterocycles. The Kier molecular flexibility index (Phi) is 4.45. The van der Waals surface area contributed by atoms with Crippen LogP contribution >= 0.6 is 23.6 Å². The summed E-state index contributed by atoms with van der Waals surface area (Å²) in [5.41, 5.74) is 2.48. The number of nitrogens with one attached hydrogen (secondary N) is 2. The monoisotopic (exact) mass is 332 g/mol. The molecule has 0 bridgehead atoms. The summed E-state index contributed by atoms with van der Waals surface area (Å²) in [7, 11) is 0. The topological polar surface area (TPSA) is 44.9 Å². The van der Waals surface area contributed by atoms with E-state index in [9.17, 15) is 4.79 Å². The van der Waals surface area contributed by atoms with Gasteiger partial charge in [0.2, 0.25) is 5.91 Å². The van der Waals surface area contributed by atoms with E-state index in [1.54, 1.807) is 0 Å². The van der Waals surface area contributed by atoms with Crippen molar-refractivity contribution in [3.8, 4) is 0 Å². The minimum Gasteiger partial charge on any atom is -0.355 e. The molecule has 5 heteroatoms. The van der Waals surface area contributed by atoms with Gasteiger partial charge in [0.25, 0.3) is 0 Å². The number of H-pyrrole nitrogens is 1. The number of carbonyl (C=O) groups excluding carboxylic acids is 1. The molecule has 1 aromatic carbocycles. The van der Waals surface area contributed by atoms with Crippen molar-refractivity contribution in [3.63, 3.8) is 0 Å². The molecule has 22 heavy (non-hydrogen) atoms. The minimum atomic E-state index is 0.0792. The molecule has 2 aromatic rings. The van der Waals surface area contributed by atoms with Crippen molar-refractivity contribution in [1.82, 2.24) is 10.3 Å². The van der Waals surface area contributed by atoms with Gasteiger partial charge in [0, 0.05) is 22.5 Å². The number of benzene rings is 1. The molecular formula is C17H20N2OS2. The lowest BCUT2D eigenvalue weighted by atomic mass is 9.64. The fourth-order valence-corrected chi connectivity index (χ4v) is 4.33. The Balaban J connectivity index is 1.63. The highest BCUT2D eigenvalue weighted by Crippen LogP contribution is 2.43. The van der Waals surface area contributed by atoms with E-state index in [0.29, 0.717) is 6.42 Å². The molecule has 3 nitrogen and oxygen atoms in total. The summed E-state index contributed by atoms with van der Waals surface area (Å²) >= 11 is 6.61. The molecule has 1 amide bonds. The number of aryl methyl sites for hydroxylation is 1. The van der Waals surface area contributed by atoms with Crippen LogP contribution in [0.25, 0.3) is 0 Å². The average Bonchev–Trinajstić information content (AvgIpc) is 2.77. The van der Waals surface area contributed by atoms with Gasteiger partial charge in [0.05, 0.1) is 6.42 Å². The van der Waals surface area contributed by atoms with Crippen LogP contribution in [0.1, 0.15) is 35.4 Å². The Morgan fingerprint density at radius 2 is 2.09 bits per heavy atom. The maximum absolute atomic E-state index is 12.2. The van der Waals surface area contributed by atoms with Crippen molar-refractivity contribution in [1.29, 1.82) is 0 Å². The van der Waals surface area contributed by atoms with E-state index < -0.39 is 0 Å². The largest absolute Gasteiger partial charge is 0.355 e. The SMILES string of the molecule is Cc1[nH]c(=S)sc1CC(=O)NCC1(c2ccccc2)CCC1. The zero-order valence-corrected chi connectivity index (χ0v) is 14.3. The summed E-state index contributed by atoms with van der Waals surface area (Å²) in [6.45, 7) is 2.69. The highest BCUT2D eigenvalue weighted by Gasteiger charge is 2.38. The van der Waals surface area contributed by atoms with Gasteiger partial charge in [-0.3, -0.25) is 4.79 Å². The van der Waals surface area contributed by atoms with Gasteiger partial charge in [-0.2, -0.15) is 0 Å². The maximum Gasteiger partial charge on any atom is 0.225 e. The van der Waals surface area contributed by atoms with Crippen LogP contribution in [0, 0.1) is 10.9 Å². The Labute approximate surface area is 139 Å². The lowest BCUT2D eigenvalue weighted by Crippen LogP contribution is -2.45. The first kappa shape index (κ1) is 15.4. The van der Waals surface area contributed by atoms with Crippen LogP contribution in [0.15, 0.2) is 30.3 Å². The van der Waals surface area contributed by atoms with Gasteiger partial charge in [0.1, 0.15) is 0 Å². The van der Waals surface area contributed by atoms with E-state index in [-0.39, 0.29) is 11.3 Å². The van der Waals surface area contributed by atoms with Gasteiger partial charge in [-0.25, -0.2) is 0 Å². The summed E-state index contributed by atoms with van der Waals surface area (Å²) in [4.78, 5) is 16.4. The molecule has 0 spiro atoms. The summed E-state index contributed by atoms with van der Waals surface area (Å²) in [5, 5.41) is 3.13. The van der Waals surface area contributed by atoms with Crippen molar-refractivity contribution < 1.29 is 4.79 Å². The number of rotatable bonds is 5. The predicted octanol–water partition coefficient (Wildman–Crippen LogP) is 3.89. The number of aromatic nitrogens is 1. The van der Waals surface area contributed by atoms with E-state index in [1.807, 2.05) is 13.0 Å². The van der Waals surface area contributed by atoms with Crippen LogP contribution in [0.3, 0.4) is 0 Å². The molecule has 1 aliphatic rings. The van der Waals surface area contributed by atoms with Gasteiger partial charge in [-0.05, 0) is 37.5 Å². The Bertz CT molecular complexity index is 714. The number of amides is 1. The number of carbonyl (C=O) groups is 1. The summed E-state index contributed by atoms with van der Waals surface area (Å²) in [5.74, 6) is 0.0792. The van der Waals surface area contributed by atoms with Crippen LogP contribution in [0.4, 0.5) is 0 Å². The van der Waals surface area contributed by atoms with Gasteiger partial charge in [0.15, 0.2) is 3.95 Å². The molecule has 1 saturated carbocycles. The summed E-state index contributed by atoms with van der Waals surface area (Å²) in [6.07, 6.45) is 3.95.